The molecular formula is C27H23N5O5S2. The van der Waals surface area contributed by atoms with Crippen molar-refractivity contribution in [3.05, 3.63) is 101 Å². The van der Waals surface area contributed by atoms with Gasteiger partial charge in [-0.3, -0.25) is 20.3 Å². The summed E-state index contributed by atoms with van der Waals surface area (Å²) in [5, 5.41) is 19.6. The molecule has 3 N–H and O–H groups in total. The zero-order valence-corrected chi connectivity index (χ0v) is 22.5. The van der Waals surface area contributed by atoms with Gasteiger partial charge in [0.25, 0.3) is 15.7 Å². The molecule has 12 heteroatoms. The molecule has 1 heterocycles. The Morgan fingerprint density at radius 2 is 1.69 bits per heavy atom. The molecule has 1 aliphatic rings. The van der Waals surface area contributed by atoms with Gasteiger partial charge in [-0.25, -0.2) is 8.42 Å². The summed E-state index contributed by atoms with van der Waals surface area (Å²) in [6, 6.07) is 24.0. The van der Waals surface area contributed by atoms with Crippen molar-refractivity contribution in [3.8, 4) is 5.75 Å². The summed E-state index contributed by atoms with van der Waals surface area (Å²) >= 11 is 1.67. The predicted octanol–water partition coefficient (Wildman–Crippen LogP) is 6.45. The molecule has 0 amide bonds. The van der Waals surface area contributed by atoms with Crippen molar-refractivity contribution in [2.24, 2.45) is 5.10 Å². The quantitative estimate of drug-likeness (QED) is 0.112. The van der Waals surface area contributed by atoms with E-state index in [0.29, 0.717) is 11.5 Å². The third-order valence-electron chi connectivity index (χ3n) is 5.95. The number of sulfonamides is 1. The van der Waals surface area contributed by atoms with Crippen LogP contribution in [-0.2, 0) is 10.0 Å². The number of benzene rings is 4. The third-order valence-corrected chi connectivity index (χ3v) is 8.46. The summed E-state index contributed by atoms with van der Waals surface area (Å²) in [5.74, 6) is 0.318. The summed E-state index contributed by atoms with van der Waals surface area (Å²) in [6.07, 6.45) is 0. The molecule has 0 saturated heterocycles. The Hall–Kier alpha value is -4.55. The first-order valence-electron chi connectivity index (χ1n) is 11.7. The van der Waals surface area contributed by atoms with E-state index in [0.717, 1.165) is 32.8 Å². The zero-order valence-electron chi connectivity index (χ0n) is 20.8. The number of para-hydroxylation sites is 3. The minimum atomic E-state index is -4.13. The summed E-state index contributed by atoms with van der Waals surface area (Å²) in [7, 11) is -2.71. The van der Waals surface area contributed by atoms with Crippen molar-refractivity contribution in [1.29, 1.82) is 0 Å². The maximum absolute atomic E-state index is 13.0. The average molecular weight is 562 g/mol. The topological polar surface area (TPSA) is 135 Å². The smallest absolute Gasteiger partial charge is 0.295 e. The fourth-order valence-electron chi connectivity index (χ4n) is 3.93. The molecule has 198 valence electrons. The van der Waals surface area contributed by atoms with E-state index in [1.54, 1.807) is 36.9 Å². The number of nitrogens with zero attached hydrogens (tertiary/aromatic N) is 2. The first-order valence-corrected chi connectivity index (χ1v) is 14.0. The van der Waals surface area contributed by atoms with E-state index in [4.69, 9.17) is 4.74 Å². The largest absolute Gasteiger partial charge is 0.495 e. The second-order valence-corrected chi connectivity index (χ2v) is 11.3. The average Bonchev–Trinajstić information content (AvgIpc) is 2.94. The second-order valence-electron chi connectivity index (χ2n) is 8.49. The molecule has 4 aromatic carbocycles. The van der Waals surface area contributed by atoms with Crippen molar-refractivity contribution in [2.75, 3.05) is 22.6 Å². The number of nitro benzene ring substituents is 1. The van der Waals surface area contributed by atoms with E-state index in [2.05, 4.69) is 26.6 Å². The normalized spacial score (nSPS) is 12.5. The highest BCUT2D eigenvalue weighted by molar-refractivity contribution is 7.99. The molecule has 0 atom stereocenters. The fraction of sp³-hybridized carbons (Fsp3) is 0.0741. The van der Waals surface area contributed by atoms with Gasteiger partial charge in [-0.15, -0.1) is 0 Å². The highest BCUT2D eigenvalue weighted by atomic mass is 32.2. The Balaban J connectivity index is 1.37. The monoisotopic (exact) mass is 561 g/mol. The summed E-state index contributed by atoms with van der Waals surface area (Å²) in [4.78, 5) is 13.1. The Bertz CT molecular complexity index is 1720. The Labute approximate surface area is 229 Å². The van der Waals surface area contributed by atoms with Gasteiger partial charge in [-0.1, -0.05) is 42.1 Å². The molecule has 10 nitrogen and oxygen atoms in total. The molecule has 0 bridgehead atoms. The van der Waals surface area contributed by atoms with Gasteiger partial charge in [0.05, 0.1) is 39.7 Å². The molecule has 0 spiro atoms. The summed E-state index contributed by atoms with van der Waals surface area (Å²) in [5.41, 5.74) is 5.92. The van der Waals surface area contributed by atoms with Gasteiger partial charge in [0, 0.05) is 15.9 Å². The van der Waals surface area contributed by atoms with Crippen LogP contribution >= 0.6 is 11.8 Å². The molecule has 4 aromatic rings. The number of hydrazone groups is 1. The fourth-order valence-corrected chi connectivity index (χ4v) is 5.99. The highest BCUT2D eigenvalue weighted by Crippen LogP contribution is 2.44. The molecule has 0 aliphatic carbocycles. The van der Waals surface area contributed by atoms with Crippen LogP contribution in [0.15, 0.2) is 105 Å². The lowest BCUT2D eigenvalue weighted by Crippen LogP contribution is -2.14. The van der Waals surface area contributed by atoms with E-state index in [1.807, 2.05) is 36.4 Å². The highest BCUT2D eigenvalue weighted by Gasteiger charge is 2.23. The molecule has 0 aromatic heterocycles. The number of methoxy groups -OCH3 is 1. The summed E-state index contributed by atoms with van der Waals surface area (Å²) < 4.78 is 33.5. The van der Waals surface area contributed by atoms with Crippen LogP contribution in [-0.4, -0.2) is 26.2 Å². The van der Waals surface area contributed by atoms with Crippen LogP contribution in [0.25, 0.3) is 0 Å². The minimum absolute atomic E-state index is 0.0520. The van der Waals surface area contributed by atoms with Crippen LogP contribution in [0.5, 0.6) is 5.75 Å². The molecule has 5 rings (SSSR count). The van der Waals surface area contributed by atoms with E-state index in [1.165, 1.54) is 25.3 Å². The number of fused-ring (bicyclic) bond motifs is 2. The molecule has 0 radical (unpaired) electrons. The number of anilines is 4. The number of hydrogen-bond donors (Lipinski definition) is 3. The van der Waals surface area contributed by atoms with Crippen LogP contribution in [0.3, 0.4) is 0 Å². The third kappa shape index (κ3) is 5.52. The van der Waals surface area contributed by atoms with E-state index in [-0.39, 0.29) is 16.3 Å². The maximum Gasteiger partial charge on any atom is 0.295 e. The molecule has 0 unspecified atom stereocenters. The first kappa shape index (κ1) is 26.1. The Morgan fingerprint density at radius 3 is 2.49 bits per heavy atom. The van der Waals surface area contributed by atoms with Crippen molar-refractivity contribution in [3.63, 3.8) is 0 Å². The van der Waals surface area contributed by atoms with Crippen LogP contribution in [0.4, 0.5) is 28.4 Å². The van der Waals surface area contributed by atoms with Gasteiger partial charge in [-0.2, -0.15) is 5.10 Å². The lowest BCUT2D eigenvalue weighted by molar-refractivity contribution is -0.384. The van der Waals surface area contributed by atoms with Gasteiger partial charge in [0.15, 0.2) is 0 Å². The maximum atomic E-state index is 13.0. The molecular weight excluding hydrogens is 538 g/mol. The van der Waals surface area contributed by atoms with Crippen molar-refractivity contribution in [2.45, 2.75) is 21.6 Å². The SMILES string of the molecule is COc1ccccc1NS(=O)(=O)c1ccc(NN=C(C)c2ccc3c(c2)Nc2ccccc2S3)c([N+](=O)[O-])c1. The van der Waals surface area contributed by atoms with E-state index >= 15 is 0 Å². The van der Waals surface area contributed by atoms with Crippen molar-refractivity contribution in [1.82, 2.24) is 0 Å². The summed E-state index contributed by atoms with van der Waals surface area (Å²) in [6.45, 7) is 1.78. The Morgan fingerprint density at radius 1 is 0.949 bits per heavy atom. The number of hydrogen-bond acceptors (Lipinski definition) is 9. The molecule has 39 heavy (non-hydrogen) atoms. The second kappa shape index (κ2) is 10.7. The van der Waals surface area contributed by atoms with Crippen molar-refractivity contribution < 1.29 is 18.1 Å². The number of nitrogens with one attached hydrogen (secondary N) is 3. The Kier molecular flexibility index (Phi) is 7.13. The van der Waals surface area contributed by atoms with E-state index < -0.39 is 20.6 Å². The molecule has 1 aliphatic heterocycles. The number of ether oxygens (including phenoxy) is 1. The van der Waals surface area contributed by atoms with Crippen LogP contribution in [0, 0.1) is 10.1 Å². The van der Waals surface area contributed by atoms with Crippen LogP contribution in [0.2, 0.25) is 0 Å². The van der Waals surface area contributed by atoms with Crippen LogP contribution in [0.1, 0.15) is 12.5 Å². The van der Waals surface area contributed by atoms with Gasteiger partial charge < -0.3 is 10.1 Å². The zero-order chi connectivity index (χ0) is 27.6. The van der Waals surface area contributed by atoms with Gasteiger partial charge in [-0.05, 0) is 61.0 Å². The molecule has 0 fully saturated rings. The van der Waals surface area contributed by atoms with Crippen LogP contribution < -0.4 is 20.2 Å². The minimum Gasteiger partial charge on any atom is -0.495 e. The lowest BCUT2D eigenvalue weighted by atomic mass is 10.1. The van der Waals surface area contributed by atoms with Gasteiger partial charge in [0.1, 0.15) is 11.4 Å². The van der Waals surface area contributed by atoms with E-state index in [9.17, 15) is 18.5 Å². The number of nitro groups is 1. The molecule has 0 saturated carbocycles. The van der Waals surface area contributed by atoms with Crippen molar-refractivity contribution >= 4 is 55.9 Å². The van der Waals surface area contributed by atoms with Gasteiger partial charge in [0.2, 0.25) is 0 Å². The van der Waals surface area contributed by atoms with Gasteiger partial charge >= 0.3 is 0 Å². The first-order chi connectivity index (χ1) is 18.7. The number of rotatable bonds is 8. The standard InChI is InChI=1S/C27H23N5O5S2/c1-17(18-11-14-27-23(15-18)28-22-8-4-6-10-26(22)38-27)29-30-20-13-12-19(16-24(20)32(33)34)39(35,36)31-21-7-3-5-9-25(21)37-2/h3-16,28,30-31H,1-2H3. The lowest BCUT2D eigenvalue weighted by Gasteiger charge is -2.21. The predicted molar refractivity (Wildman–Crippen MR) is 153 cm³/mol.